The molecule has 0 saturated carbocycles. The highest BCUT2D eigenvalue weighted by Crippen LogP contribution is 2.07. The lowest BCUT2D eigenvalue weighted by Gasteiger charge is -2.35. The highest BCUT2D eigenvalue weighted by molar-refractivity contribution is 14.0. The van der Waals surface area contributed by atoms with E-state index in [-0.39, 0.29) is 24.0 Å². The van der Waals surface area contributed by atoms with Crippen LogP contribution in [0.15, 0.2) is 4.99 Å². The van der Waals surface area contributed by atoms with Crippen LogP contribution in [0.4, 0.5) is 0 Å². The first-order valence-electron chi connectivity index (χ1n) is 10.4. The summed E-state index contributed by atoms with van der Waals surface area (Å²) in [5.74, 6) is 2.33. The fraction of sp³-hybridized carbons (Fsp3) is 0.950. The third kappa shape index (κ3) is 11.6. The first kappa shape index (κ1) is 25.9. The van der Waals surface area contributed by atoms with E-state index < -0.39 is 0 Å². The van der Waals surface area contributed by atoms with Crippen molar-refractivity contribution in [1.29, 1.82) is 0 Å². The molecule has 0 aliphatic carbocycles. The van der Waals surface area contributed by atoms with Gasteiger partial charge in [0.1, 0.15) is 0 Å². The molecule has 0 amide bonds. The van der Waals surface area contributed by atoms with Gasteiger partial charge in [0.25, 0.3) is 0 Å². The van der Waals surface area contributed by atoms with Gasteiger partial charge in [0.2, 0.25) is 0 Å². The van der Waals surface area contributed by atoms with E-state index in [9.17, 15) is 0 Å². The summed E-state index contributed by atoms with van der Waals surface area (Å²) in [7, 11) is 0. The van der Waals surface area contributed by atoms with Gasteiger partial charge in [-0.15, -0.1) is 24.0 Å². The zero-order valence-electron chi connectivity index (χ0n) is 18.1. The average Bonchev–Trinajstić information content (AvgIpc) is 2.59. The summed E-state index contributed by atoms with van der Waals surface area (Å²) in [4.78, 5) is 9.96. The summed E-state index contributed by atoms with van der Waals surface area (Å²) in [5, 5.41) is 6.96. The predicted molar refractivity (Wildman–Crippen MR) is 126 cm³/mol. The fourth-order valence-electron chi connectivity index (χ4n) is 3.24. The van der Waals surface area contributed by atoms with E-state index in [0.717, 1.165) is 31.5 Å². The quantitative estimate of drug-likeness (QED) is 0.286. The molecule has 1 aliphatic rings. The molecule has 1 heterocycles. The van der Waals surface area contributed by atoms with Crippen LogP contribution in [0.25, 0.3) is 0 Å². The molecule has 1 fully saturated rings. The zero-order valence-corrected chi connectivity index (χ0v) is 20.4. The number of piperazine rings is 1. The van der Waals surface area contributed by atoms with Crippen LogP contribution in [-0.4, -0.2) is 74.2 Å². The van der Waals surface area contributed by atoms with E-state index >= 15 is 0 Å². The van der Waals surface area contributed by atoms with Gasteiger partial charge in [-0.05, 0) is 45.1 Å². The maximum Gasteiger partial charge on any atom is 0.191 e. The number of hydrogen-bond donors (Lipinski definition) is 2. The molecule has 0 aromatic rings. The smallest absolute Gasteiger partial charge is 0.191 e. The minimum absolute atomic E-state index is 0. The van der Waals surface area contributed by atoms with Gasteiger partial charge < -0.3 is 20.4 Å². The molecule has 26 heavy (non-hydrogen) atoms. The molecule has 0 spiro atoms. The van der Waals surface area contributed by atoms with Gasteiger partial charge in [-0.1, -0.05) is 27.7 Å². The number of halogens is 1. The second-order valence-electron chi connectivity index (χ2n) is 8.08. The van der Waals surface area contributed by atoms with E-state index in [4.69, 9.17) is 4.99 Å². The van der Waals surface area contributed by atoms with Crippen molar-refractivity contribution in [2.75, 3.05) is 52.4 Å². The molecule has 1 aliphatic heterocycles. The Morgan fingerprint density at radius 2 is 1.58 bits per heavy atom. The second-order valence-corrected chi connectivity index (χ2v) is 8.08. The van der Waals surface area contributed by atoms with Crippen LogP contribution in [0.1, 0.15) is 54.4 Å². The van der Waals surface area contributed by atoms with Crippen LogP contribution in [0.3, 0.4) is 0 Å². The molecule has 0 aromatic heterocycles. The normalized spacial score (nSPS) is 19.1. The van der Waals surface area contributed by atoms with Gasteiger partial charge in [-0.25, -0.2) is 0 Å². The summed E-state index contributed by atoms with van der Waals surface area (Å²) in [6.45, 7) is 22.5. The van der Waals surface area contributed by atoms with Crippen molar-refractivity contribution < 1.29 is 0 Å². The van der Waals surface area contributed by atoms with Crippen LogP contribution in [0.5, 0.6) is 0 Å². The van der Waals surface area contributed by atoms with Gasteiger partial charge in [0.15, 0.2) is 5.96 Å². The number of rotatable bonds is 10. The number of likely N-dealkylation sites (N-methyl/N-ethyl adjacent to an activating group) is 1. The number of hydrogen-bond acceptors (Lipinski definition) is 3. The minimum atomic E-state index is 0. The highest BCUT2D eigenvalue weighted by Gasteiger charge is 2.17. The van der Waals surface area contributed by atoms with E-state index in [1.165, 1.54) is 45.6 Å². The summed E-state index contributed by atoms with van der Waals surface area (Å²) >= 11 is 0. The molecule has 0 aromatic carbocycles. The highest BCUT2D eigenvalue weighted by atomic mass is 127. The lowest BCUT2D eigenvalue weighted by molar-refractivity contribution is 0.125. The lowest BCUT2D eigenvalue weighted by atomic mass is 10.0. The fourth-order valence-corrected chi connectivity index (χ4v) is 3.24. The van der Waals surface area contributed by atoms with E-state index in [1.54, 1.807) is 0 Å². The maximum atomic E-state index is 4.83. The maximum absolute atomic E-state index is 4.83. The molecule has 1 rings (SSSR count). The monoisotopic (exact) mass is 481 g/mol. The number of nitrogens with one attached hydrogen (secondary N) is 2. The Labute approximate surface area is 179 Å². The standard InChI is InChI=1S/C20H43N5.HI/c1-7-21-20(23-19(6)10-9-17(3)4)22-15-18(5)16-25-13-11-24(8-2)12-14-25;/h17-19H,7-16H2,1-6H3,(H2,21,22,23);1H. The van der Waals surface area contributed by atoms with Crippen molar-refractivity contribution in [3.05, 3.63) is 0 Å². The Morgan fingerprint density at radius 3 is 2.12 bits per heavy atom. The molecule has 2 unspecified atom stereocenters. The lowest BCUT2D eigenvalue weighted by Crippen LogP contribution is -2.47. The number of aliphatic imine (C=N–C) groups is 1. The molecule has 6 heteroatoms. The molecule has 2 atom stereocenters. The Balaban J connectivity index is 0.00000625. The first-order valence-corrected chi connectivity index (χ1v) is 10.4. The average molecular weight is 482 g/mol. The molecule has 1 saturated heterocycles. The Morgan fingerprint density at radius 1 is 0.962 bits per heavy atom. The van der Waals surface area contributed by atoms with Crippen molar-refractivity contribution in [2.45, 2.75) is 60.4 Å². The van der Waals surface area contributed by atoms with Crippen molar-refractivity contribution in [3.63, 3.8) is 0 Å². The Hall–Kier alpha value is -0.0800. The first-order chi connectivity index (χ1) is 11.9. The number of nitrogens with zero attached hydrogens (tertiary/aromatic N) is 3. The summed E-state index contributed by atoms with van der Waals surface area (Å²) in [6, 6.07) is 0.470. The Bertz CT molecular complexity index is 367. The third-order valence-electron chi connectivity index (χ3n) is 4.95. The van der Waals surface area contributed by atoms with Crippen molar-refractivity contribution in [2.24, 2.45) is 16.8 Å². The van der Waals surface area contributed by atoms with Gasteiger partial charge >= 0.3 is 0 Å². The summed E-state index contributed by atoms with van der Waals surface area (Å²) in [6.07, 6.45) is 2.45. The molecular formula is C20H44IN5. The SMILES string of the molecule is CCNC(=NCC(C)CN1CCN(CC)CC1)NC(C)CCC(C)C.I. The van der Waals surface area contributed by atoms with Gasteiger partial charge in [0, 0.05) is 51.9 Å². The van der Waals surface area contributed by atoms with Crippen LogP contribution >= 0.6 is 24.0 Å². The van der Waals surface area contributed by atoms with E-state index in [2.05, 4.69) is 62.0 Å². The van der Waals surface area contributed by atoms with Crippen molar-refractivity contribution in [3.8, 4) is 0 Å². The third-order valence-corrected chi connectivity index (χ3v) is 4.95. The molecule has 2 N–H and O–H groups in total. The summed E-state index contributed by atoms with van der Waals surface area (Å²) < 4.78 is 0. The Kier molecular flexibility index (Phi) is 14.9. The van der Waals surface area contributed by atoms with Crippen molar-refractivity contribution >= 4 is 29.9 Å². The van der Waals surface area contributed by atoms with Gasteiger partial charge in [-0.3, -0.25) is 4.99 Å². The van der Waals surface area contributed by atoms with Crippen LogP contribution in [-0.2, 0) is 0 Å². The number of guanidine groups is 1. The predicted octanol–water partition coefficient (Wildman–Crippen LogP) is 3.26. The van der Waals surface area contributed by atoms with E-state index in [1.807, 2.05) is 0 Å². The molecule has 156 valence electrons. The van der Waals surface area contributed by atoms with Crippen LogP contribution < -0.4 is 10.6 Å². The zero-order chi connectivity index (χ0) is 18.7. The van der Waals surface area contributed by atoms with Crippen LogP contribution in [0, 0.1) is 11.8 Å². The minimum Gasteiger partial charge on any atom is -0.357 e. The largest absolute Gasteiger partial charge is 0.357 e. The topological polar surface area (TPSA) is 42.9 Å². The van der Waals surface area contributed by atoms with Gasteiger partial charge in [-0.2, -0.15) is 0 Å². The molecular weight excluding hydrogens is 437 g/mol. The molecule has 0 radical (unpaired) electrons. The second kappa shape index (κ2) is 14.9. The van der Waals surface area contributed by atoms with Crippen LogP contribution in [0.2, 0.25) is 0 Å². The molecule has 5 nitrogen and oxygen atoms in total. The summed E-state index contributed by atoms with van der Waals surface area (Å²) in [5.41, 5.74) is 0. The van der Waals surface area contributed by atoms with E-state index in [0.29, 0.717) is 12.0 Å². The van der Waals surface area contributed by atoms with Crippen molar-refractivity contribution in [1.82, 2.24) is 20.4 Å². The van der Waals surface area contributed by atoms with Gasteiger partial charge in [0.05, 0.1) is 0 Å². The molecule has 0 bridgehead atoms.